The monoisotopic (exact) mass is 366 g/mol. The second-order valence-electron chi connectivity index (χ2n) is 4.93. The molecule has 0 aromatic heterocycles. The van der Waals surface area contributed by atoms with Crippen molar-refractivity contribution in [2.24, 2.45) is 0 Å². The average Bonchev–Trinajstić information content (AvgIpc) is 2.55. The summed E-state index contributed by atoms with van der Waals surface area (Å²) < 4.78 is 92.0. The van der Waals surface area contributed by atoms with Gasteiger partial charge in [0.15, 0.2) is 0 Å². The number of rotatable bonds is 4. The van der Waals surface area contributed by atoms with Gasteiger partial charge in [-0.3, -0.25) is 0 Å². The summed E-state index contributed by atoms with van der Waals surface area (Å²) in [6.07, 6.45) is -6.60. The number of hydrogen-bond donors (Lipinski definition) is 0. The third-order valence-corrected chi connectivity index (χ3v) is 3.18. The normalized spacial score (nSPS) is 12.8. The molecule has 0 saturated carbocycles. The smallest absolute Gasteiger partial charge is 0.422 e. The Morgan fingerprint density at radius 3 is 1.68 bits per heavy atom. The van der Waals surface area contributed by atoms with Gasteiger partial charge in [-0.1, -0.05) is 42.5 Å². The van der Waals surface area contributed by atoms with Gasteiger partial charge in [-0.2, -0.15) is 30.7 Å². The fraction of sp³-hybridized carbons (Fsp3) is 0.188. The summed E-state index contributed by atoms with van der Waals surface area (Å²) in [5.41, 5.74) is 1.32. The topological polar surface area (TPSA) is 26.3 Å². The van der Waals surface area contributed by atoms with Crippen LogP contribution in [-0.2, 0) is 4.79 Å². The standard InChI is InChI=1S/C16H9F7O2/c17-14(18,15(19,20)16(21,22)23)13(24)25-12-8-6-11(7-9-12)10-4-2-1-3-5-10/h1-9H. The Hall–Kier alpha value is -2.58. The highest BCUT2D eigenvalue weighted by Crippen LogP contribution is 2.47. The molecule has 0 N–H and O–H groups in total. The van der Waals surface area contributed by atoms with Crippen LogP contribution in [0.2, 0.25) is 0 Å². The molecule has 0 fully saturated rings. The van der Waals surface area contributed by atoms with Crippen molar-refractivity contribution >= 4 is 5.97 Å². The van der Waals surface area contributed by atoms with Crippen LogP contribution in [0.3, 0.4) is 0 Å². The Bertz CT molecular complexity index is 737. The van der Waals surface area contributed by atoms with Crippen LogP contribution in [0, 0.1) is 0 Å². The van der Waals surface area contributed by atoms with Crippen LogP contribution in [0.5, 0.6) is 5.75 Å². The van der Waals surface area contributed by atoms with Crippen molar-refractivity contribution in [3.63, 3.8) is 0 Å². The summed E-state index contributed by atoms with van der Waals surface area (Å²) in [4.78, 5) is 11.1. The van der Waals surface area contributed by atoms with Crippen molar-refractivity contribution in [3.05, 3.63) is 54.6 Å². The van der Waals surface area contributed by atoms with Gasteiger partial charge < -0.3 is 4.74 Å². The fourth-order valence-corrected chi connectivity index (χ4v) is 1.82. The Kier molecular flexibility index (Phi) is 4.79. The highest BCUT2D eigenvalue weighted by molar-refractivity contribution is 5.81. The fourth-order valence-electron chi connectivity index (χ4n) is 1.82. The minimum atomic E-state index is -6.60. The molecule has 25 heavy (non-hydrogen) atoms. The zero-order valence-electron chi connectivity index (χ0n) is 12.2. The molecule has 0 aliphatic heterocycles. The molecule has 0 heterocycles. The molecule has 2 nitrogen and oxygen atoms in total. The van der Waals surface area contributed by atoms with Crippen molar-refractivity contribution in [1.29, 1.82) is 0 Å². The number of benzene rings is 2. The minimum Gasteiger partial charge on any atom is -0.422 e. The first kappa shape index (κ1) is 18.8. The van der Waals surface area contributed by atoms with Gasteiger partial charge in [0.25, 0.3) is 0 Å². The van der Waals surface area contributed by atoms with Crippen LogP contribution < -0.4 is 4.74 Å². The van der Waals surface area contributed by atoms with Crippen molar-refractivity contribution in [2.45, 2.75) is 18.0 Å². The van der Waals surface area contributed by atoms with Crippen molar-refractivity contribution in [1.82, 2.24) is 0 Å². The van der Waals surface area contributed by atoms with Gasteiger partial charge in [0.1, 0.15) is 5.75 Å². The van der Waals surface area contributed by atoms with E-state index < -0.39 is 29.7 Å². The number of esters is 1. The number of halogens is 7. The number of hydrogen-bond acceptors (Lipinski definition) is 2. The van der Waals surface area contributed by atoms with E-state index in [0.717, 1.165) is 17.7 Å². The molecule has 2 aromatic rings. The van der Waals surface area contributed by atoms with E-state index in [2.05, 4.69) is 4.74 Å². The zero-order valence-corrected chi connectivity index (χ0v) is 12.2. The van der Waals surface area contributed by atoms with Crippen LogP contribution in [0.25, 0.3) is 11.1 Å². The summed E-state index contributed by atoms with van der Waals surface area (Å²) in [6, 6.07) is 13.3. The van der Waals surface area contributed by atoms with Crippen LogP contribution in [0.4, 0.5) is 30.7 Å². The Balaban J connectivity index is 2.18. The van der Waals surface area contributed by atoms with E-state index in [1.54, 1.807) is 30.3 Å². The molecule has 0 atom stereocenters. The molecule has 0 unspecified atom stereocenters. The van der Waals surface area contributed by atoms with Gasteiger partial charge in [-0.15, -0.1) is 0 Å². The van der Waals surface area contributed by atoms with Gasteiger partial charge >= 0.3 is 24.0 Å². The summed E-state index contributed by atoms with van der Waals surface area (Å²) in [5, 5.41) is 0. The molecular weight excluding hydrogens is 357 g/mol. The number of carbonyl (C=O) groups excluding carboxylic acids is 1. The summed E-state index contributed by atoms with van der Waals surface area (Å²) >= 11 is 0. The van der Waals surface area contributed by atoms with Gasteiger partial charge in [0.05, 0.1) is 0 Å². The lowest BCUT2D eigenvalue weighted by Gasteiger charge is -2.26. The van der Waals surface area contributed by atoms with Crippen LogP contribution >= 0.6 is 0 Å². The molecule has 0 spiro atoms. The average molecular weight is 366 g/mol. The lowest BCUT2D eigenvalue weighted by atomic mass is 10.1. The molecular formula is C16H9F7O2. The maximum Gasteiger partial charge on any atom is 0.460 e. The molecule has 2 aromatic carbocycles. The molecule has 0 saturated heterocycles. The third-order valence-electron chi connectivity index (χ3n) is 3.18. The first-order valence-electron chi connectivity index (χ1n) is 6.67. The molecule has 9 heteroatoms. The van der Waals surface area contributed by atoms with Crippen LogP contribution in [0.1, 0.15) is 0 Å². The predicted octanol–water partition coefficient (Wildman–Crippen LogP) is 5.09. The highest BCUT2D eigenvalue weighted by atomic mass is 19.4. The van der Waals surface area contributed by atoms with E-state index in [1.807, 2.05) is 0 Å². The lowest BCUT2D eigenvalue weighted by molar-refractivity contribution is -0.346. The van der Waals surface area contributed by atoms with E-state index in [-0.39, 0.29) is 0 Å². The molecule has 2 rings (SSSR count). The SMILES string of the molecule is O=C(Oc1ccc(-c2ccccc2)cc1)C(F)(F)C(F)(F)C(F)(F)F. The quantitative estimate of drug-likeness (QED) is 0.428. The van der Waals surface area contributed by atoms with Crippen molar-refractivity contribution < 1.29 is 40.3 Å². The maximum atomic E-state index is 13.2. The summed E-state index contributed by atoms with van der Waals surface area (Å²) in [7, 11) is 0. The van der Waals surface area contributed by atoms with Gasteiger partial charge in [-0.05, 0) is 23.3 Å². The van der Waals surface area contributed by atoms with Gasteiger partial charge in [-0.25, -0.2) is 4.79 Å². The Morgan fingerprint density at radius 2 is 1.20 bits per heavy atom. The van der Waals surface area contributed by atoms with E-state index in [1.165, 1.54) is 12.1 Å². The molecule has 0 bridgehead atoms. The first-order chi connectivity index (χ1) is 11.5. The number of carbonyl (C=O) groups is 1. The molecule has 0 aliphatic carbocycles. The van der Waals surface area contributed by atoms with Gasteiger partial charge in [0, 0.05) is 0 Å². The lowest BCUT2D eigenvalue weighted by Crippen LogP contribution is -2.57. The largest absolute Gasteiger partial charge is 0.460 e. The second kappa shape index (κ2) is 6.38. The summed E-state index contributed by atoms with van der Waals surface area (Å²) in [5.74, 6) is -16.2. The zero-order chi connectivity index (χ0) is 18.9. The van der Waals surface area contributed by atoms with Crippen LogP contribution in [-0.4, -0.2) is 24.0 Å². The van der Waals surface area contributed by atoms with E-state index in [0.29, 0.717) is 5.56 Å². The third kappa shape index (κ3) is 3.59. The summed E-state index contributed by atoms with van der Waals surface area (Å²) in [6.45, 7) is 0. The number of ether oxygens (including phenoxy) is 1. The molecule has 0 aliphatic rings. The van der Waals surface area contributed by atoms with Crippen molar-refractivity contribution in [2.75, 3.05) is 0 Å². The highest BCUT2D eigenvalue weighted by Gasteiger charge is 2.77. The minimum absolute atomic E-state index is 0.591. The first-order valence-corrected chi connectivity index (χ1v) is 6.67. The van der Waals surface area contributed by atoms with Gasteiger partial charge in [0.2, 0.25) is 0 Å². The molecule has 134 valence electrons. The van der Waals surface area contributed by atoms with E-state index in [4.69, 9.17) is 0 Å². The molecule has 0 radical (unpaired) electrons. The Labute approximate surface area is 136 Å². The Morgan fingerprint density at radius 1 is 0.720 bits per heavy atom. The van der Waals surface area contributed by atoms with E-state index >= 15 is 0 Å². The predicted molar refractivity (Wildman–Crippen MR) is 73.5 cm³/mol. The molecule has 0 amide bonds. The van der Waals surface area contributed by atoms with Crippen LogP contribution in [0.15, 0.2) is 54.6 Å². The van der Waals surface area contributed by atoms with E-state index in [9.17, 15) is 35.5 Å². The number of alkyl halides is 7. The van der Waals surface area contributed by atoms with Crippen molar-refractivity contribution in [3.8, 4) is 16.9 Å². The maximum absolute atomic E-state index is 13.2. The second-order valence-corrected chi connectivity index (χ2v) is 4.93.